The van der Waals surface area contributed by atoms with E-state index < -0.39 is 24.4 Å². The summed E-state index contributed by atoms with van der Waals surface area (Å²) in [4.78, 5) is 0. The molecule has 0 aromatic rings. The summed E-state index contributed by atoms with van der Waals surface area (Å²) in [6.45, 7) is 0.611. The van der Waals surface area contributed by atoms with E-state index in [2.05, 4.69) is 4.74 Å². The summed E-state index contributed by atoms with van der Waals surface area (Å²) in [5.41, 5.74) is 0. The summed E-state index contributed by atoms with van der Waals surface area (Å²) in [6, 6.07) is 0. The van der Waals surface area contributed by atoms with E-state index in [0.717, 1.165) is 6.61 Å². The Labute approximate surface area is 92.3 Å². The van der Waals surface area contributed by atoms with E-state index in [1.54, 1.807) is 0 Å². The molecule has 0 aromatic heterocycles. The number of ether oxygens (including phenoxy) is 1. The van der Waals surface area contributed by atoms with Crippen molar-refractivity contribution in [3.63, 3.8) is 0 Å². The van der Waals surface area contributed by atoms with E-state index in [1.807, 2.05) is 0 Å². The SMILES string of the molecule is OC[C@H]1O[CH-][C@H](O)[C@@H](O)[C@H]1O.[Na+]. The Morgan fingerprint density at radius 2 is 1.75 bits per heavy atom. The zero-order chi connectivity index (χ0) is 8.43. The van der Waals surface area contributed by atoms with Crippen LogP contribution in [0, 0.1) is 6.61 Å². The Morgan fingerprint density at radius 3 is 2.25 bits per heavy atom. The van der Waals surface area contributed by atoms with Gasteiger partial charge in [0.15, 0.2) is 0 Å². The smallest absolute Gasteiger partial charge is 0.544 e. The number of aliphatic hydroxyl groups is 4. The molecule has 4 atom stereocenters. The van der Waals surface area contributed by atoms with Crippen LogP contribution in [0.1, 0.15) is 0 Å². The minimum atomic E-state index is -1.28. The minimum absolute atomic E-state index is 0. The Kier molecular flexibility index (Phi) is 5.88. The molecule has 4 N–H and O–H groups in total. The van der Waals surface area contributed by atoms with Crippen LogP contribution in [0.2, 0.25) is 0 Å². The normalized spacial score (nSPS) is 42.0. The molecule has 1 heterocycles. The summed E-state index contributed by atoms with van der Waals surface area (Å²) < 4.78 is 4.69. The fourth-order valence-corrected chi connectivity index (χ4v) is 0.915. The zero-order valence-corrected chi connectivity index (χ0v) is 8.79. The average Bonchev–Trinajstić information content (AvgIpc) is 2.01. The summed E-state index contributed by atoms with van der Waals surface area (Å²) in [5, 5.41) is 35.6. The fraction of sp³-hybridized carbons (Fsp3) is 0.833. The second-order valence-electron chi connectivity index (χ2n) is 2.46. The molecular formula is C6H11NaO5. The van der Waals surface area contributed by atoms with Crippen LogP contribution in [-0.4, -0.2) is 51.4 Å². The van der Waals surface area contributed by atoms with Crippen molar-refractivity contribution < 1.29 is 54.7 Å². The molecule has 0 bridgehead atoms. The van der Waals surface area contributed by atoms with Crippen LogP contribution in [0.25, 0.3) is 0 Å². The van der Waals surface area contributed by atoms with Gasteiger partial charge in [0.25, 0.3) is 0 Å². The predicted molar refractivity (Wildman–Crippen MR) is 34.3 cm³/mol. The van der Waals surface area contributed by atoms with Crippen LogP contribution in [-0.2, 0) is 4.74 Å². The Balaban J connectivity index is 0.00000121. The average molecular weight is 186 g/mol. The number of rotatable bonds is 1. The second kappa shape index (κ2) is 5.51. The summed E-state index contributed by atoms with van der Waals surface area (Å²) >= 11 is 0. The molecule has 1 fully saturated rings. The maximum absolute atomic E-state index is 9.09. The van der Waals surface area contributed by atoms with E-state index >= 15 is 0 Å². The monoisotopic (exact) mass is 186 g/mol. The van der Waals surface area contributed by atoms with E-state index in [0.29, 0.717) is 0 Å². The first kappa shape index (κ1) is 12.8. The van der Waals surface area contributed by atoms with Gasteiger partial charge in [0.05, 0.1) is 18.8 Å². The van der Waals surface area contributed by atoms with Crippen molar-refractivity contribution in [1.29, 1.82) is 0 Å². The molecule has 0 aliphatic carbocycles. The van der Waals surface area contributed by atoms with Crippen LogP contribution in [0.5, 0.6) is 0 Å². The van der Waals surface area contributed by atoms with Gasteiger partial charge in [-0.2, -0.15) is 6.61 Å². The molecule has 0 spiro atoms. The van der Waals surface area contributed by atoms with Gasteiger partial charge in [-0.25, -0.2) is 0 Å². The molecule has 5 nitrogen and oxygen atoms in total. The van der Waals surface area contributed by atoms with Crippen molar-refractivity contribution >= 4 is 0 Å². The van der Waals surface area contributed by atoms with E-state index in [9.17, 15) is 0 Å². The van der Waals surface area contributed by atoms with Gasteiger partial charge in [0.1, 0.15) is 6.10 Å². The molecular weight excluding hydrogens is 175 g/mol. The third-order valence-corrected chi connectivity index (χ3v) is 1.65. The van der Waals surface area contributed by atoms with E-state index in [4.69, 9.17) is 20.4 Å². The third-order valence-electron chi connectivity index (χ3n) is 1.65. The number of aliphatic hydroxyl groups excluding tert-OH is 4. The molecule has 1 saturated heterocycles. The zero-order valence-electron chi connectivity index (χ0n) is 6.79. The molecule has 12 heavy (non-hydrogen) atoms. The molecule has 0 unspecified atom stereocenters. The molecule has 1 aliphatic rings. The predicted octanol–water partition coefficient (Wildman–Crippen LogP) is -5.37. The second-order valence-corrected chi connectivity index (χ2v) is 2.46. The summed E-state index contributed by atoms with van der Waals surface area (Å²) in [6.07, 6.45) is -4.54. The number of hydrogen-bond donors (Lipinski definition) is 4. The Hall–Kier alpha value is 0.800. The molecule has 66 valence electrons. The topological polar surface area (TPSA) is 90.2 Å². The van der Waals surface area contributed by atoms with Crippen LogP contribution in [0.3, 0.4) is 0 Å². The van der Waals surface area contributed by atoms with Gasteiger partial charge in [-0.05, 0) is 6.10 Å². The third kappa shape index (κ3) is 2.65. The molecule has 1 rings (SSSR count). The van der Waals surface area contributed by atoms with Crippen molar-refractivity contribution in [1.82, 2.24) is 0 Å². The molecule has 0 amide bonds. The van der Waals surface area contributed by atoms with Gasteiger partial charge >= 0.3 is 29.6 Å². The van der Waals surface area contributed by atoms with Crippen molar-refractivity contribution in [2.45, 2.75) is 24.4 Å². The van der Waals surface area contributed by atoms with Crippen molar-refractivity contribution in [2.75, 3.05) is 6.61 Å². The van der Waals surface area contributed by atoms with Gasteiger partial charge < -0.3 is 25.2 Å². The Bertz CT molecular complexity index is 131. The number of hydrogen-bond acceptors (Lipinski definition) is 5. The minimum Gasteiger partial charge on any atom is -0.544 e. The van der Waals surface area contributed by atoms with Crippen LogP contribution in [0.4, 0.5) is 0 Å². The summed E-state index contributed by atoms with van der Waals surface area (Å²) in [5.74, 6) is 0. The molecule has 0 aromatic carbocycles. The first-order valence-corrected chi connectivity index (χ1v) is 3.30. The molecule has 0 radical (unpaired) electrons. The maximum Gasteiger partial charge on any atom is 1.00 e. The van der Waals surface area contributed by atoms with E-state index in [-0.39, 0.29) is 36.2 Å². The first-order chi connectivity index (χ1) is 5.16. The standard InChI is InChI=1S/C6H11O5.Na/c7-1-4-6(10)5(9)3(8)2-11-4;/h2-10H,1H2;/q-1;+1/t3-,4+,5+,6-;/m0./s1. The maximum atomic E-state index is 9.09. The van der Waals surface area contributed by atoms with Crippen molar-refractivity contribution in [2.24, 2.45) is 0 Å². The summed E-state index contributed by atoms with van der Waals surface area (Å²) in [7, 11) is 0. The van der Waals surface area contributed by atoms with Gasteiger partial charge in [0.2, 0.25) is 0 Å². The van der Waals surface area contributed by atoms with Crippen molar-refractivity contribution in [3.8, 4) is 0 Å². The van der Waals surface area contributed by atoms with Gasteiger partial charge in [-0.3, -0.25) is 0 Å². The van der Waals surface area contributed by atoms with Gasteiger partial charge in [-0.15, -0.1) is 0 Å². The first-order valence-electron chi connectivity index (χ1n) is 3.30. The van der Waals surface area contributed by atoms with Gasteiger partial charge in [0, 0.05) is 0 Å². The van der Waals surface area contributed by atoms with Crippen molar-refractivity contribution in [3.05, 3.63) is 6.61 Å². The fourth-order valence-electron chi connectivity index (χ4n) is 0.915. The quantitative estimate of drug-likeness (QED) is 0.242. The molecule has 6 heteroatoms. The molecule has 0 saturated carbocycles. The molecule has 1 aliphatic heterocycles. The van der Waals surface area contributed by atoms with E-state index in [1.165, 1.54) is 0 Å². The van der Waals surface area contributed by atoms with Gasteiger partial charge in [-0.1, -0.05) is 0 Å². The largest absolute Gasteiger partial charge is 1.00 e. The Morgan fingerprint density at radius 1 is 1.17 bits per heavy atom. The van der Waals surface area contributed by atoms with Crippen LogP contribution in [0.15, 0.2) is 0 Å². The van der Waals surface area contributed by atoms with Crippen LogP contribution < -0.4 is 29.6 Å². The van der Waals surface area contributed by atoms with Crippen LogP contribution >= 0.6 is 0 Å².